The molecule has 13 heavy (non-hydrogen) atoms. The lowest BCUT2D eigenvalue weighted by atomic mass is 10.2. The lowest BCUT2D eigenvalue weighted by molar-refractivity contribution is 0.280. The predicted octanol–water partition coefficient (Wildman–Crippen LogP) is 1.98. The molecule has 0 aliphatic heterocycles. The molecular weight excluding hydrogens is 160 g/mol. The lowest BCUT2D eigenvalue weighted by Crippen LogP contribution is -1.95. The van der Waals surface area contributed by atoms with Gasteiger partial charge in [0, 0.05) is 5.56 Å². The molecule has 0 saturated carbocycles. The number of hydrogen-bond donors (Lipinski definition) is 1. The molecule has 0 aliphatic carbocycles. The summed E-state index contributed by atoms with van der Waals surface area (Å²) < 4.78 is 0. The smallest absolute Gasteiger partial charge is 0.133 e. The highest BCUT2D eigenvalue weighted by atomic mass is 16.3. The van der Waals surface area contributed by atoms with Crippen molar-refractivity contribution in [1.82, 2.24) is 0 Å². The van der Waals surface area contributed by atoms with Crippen LogP contribution in [0.3, 0.4) is 0 Å². The van der Waals surface area contributed by atoms with Crippen molar-refractivity contribution in [2.45, 2.75) is 13.0 Å². The molecule has 1 nitrogen and oxygen atoms in total. The van der Waals surface area contributed by atoms with Crippen LogP contribution in [-0.4, -0.2) is 11.2 Å². The molecule has 1 rings (SSSR count). The second-order valence-corrected chi connectivity index (χ2v) is 2.61. The molecule has 0 spiro atoms. The van der Waals surface area contributed by atoms with Gasteiger partial charge >= 0.3 is 0 Å². The van der Waals surface area contributed by atoms with E-state index in [2.05, 4.69) is 11.8 Å². The molecule has 66 valence electrons. The fourth-order valence-electron chi connectivity index (χ4n) is 0.909. The quantitative estimate of drug-likeness (QED) is 0.507. The van der Waals surface area contributed by atoms with Gasteiger partial charge in [0.2, 0.25) is 0 Å². The van der Waals surface area contributed by atoms with Crippen LogP contribution in [0.4, 0.5) is 0 Å². The van der Waals surface area contributed by atoms with Crippen LogP contribution in [0.1, 0.15) is 12.5 Å². The summed E-state index contributed by atoms with van der Waals surface area (Å²) in [6.07, 6.45) is 2.77. The Morgan fingerprint density at radius 3 is 2.62 bits per heavy atom. The van der Waals surface area contributed by atoms with Gasteiger partial charge in [-0.3, -0.25) is 0 Å². The topological polar surface area (TPSA) is 20.2 Å². The largest absolute Gasteiger partial charge is 0.377 e. The van der Waals surface area contributed by atoms with E-state index in [1.54, 1.807) is 12.2 Å². The molecule has 1 aromatic carbocycles. The first-order valence-electron chi connectivity index (χ1n) is 4.20. The zero-order valence-electron chi connectivity index (χ0n) is 7.57. The van der Waals surface area contributed by atoms with E-state index in [-0.39, 0.29) is 0 Å². The Hall–Kier alpha value is -1.52. The van der Waals surface area contributed by atoms with Gasteiger partial charge in [0.25, 0.3) is 0 Å². The average molecular weight is 172 g/mol. The first-order valence-corrected chi connectivity index (χ1v) is 4.20. The van der Waals surface area contributed by atoms with E-state index in [9.17, 15) is 5.11 Å². The third-order valence-corrected chi connectivity index (χ3v) is 1.51. The highest BCUT2D eigenvalue weighted by Gasteiger charge is 1.88. The Labute approximate surface area is 78.7 Å². The number of allylic oxidation sites excluding steroid dienone is 1. The molecule has 0 aliphatic rings. The third kappa shape index (κ3) is 3.59. The molecule has 0 unspecified atom stereocenters. The highest BCUT2D eigenvalue weighted by molar-refractivity contribution is 5.35. The van der Waals surface area contributed by atoms with Crippen molar-refractivity contribution in [2.24, 2.45) is 0 Å². The van der Waals surface area contributed by atoms with Gasteiger partial charge in [-0.25, -0.2) is 0 Å². The van der Waals surface area contributed by atoms with Crippen LogP contribution in [0.5, 0.6) is 0 Å². The van der Waals surface area contributed by atoms with Crippen molar-refractivity contribution in [2.75, 3.05) is 0 Å². The molecule has 0 saturated heterocycles. The predicted molar refractivity (Wildman–Crippen MR) is 54.1 cm³/mol. The van der Waals surface area contributed by atoms with Crippen molar-refractivity contribution in [3.8, 4) is 11.8 Å². The minimum atomic E-state index is -0.662. The van der Waals surface area contributed by atoms with E-state index >= 15 is 0 Å². The van der Waals surface area contributed by atoms with Crippen molar-refractivity contribution >= 4 is 0 Å². The van der Waals surface area contributed by atoms with Gasteiger partial charge in [0.05, 0.1) is 0 Å². The van der Waals surface area contributed by atoms with E-state index in [1.165, 1.54) is 0 Å². The van der Waals surface area contributed by atoms with Crippen LogP contribution in [0, 0.1) is 11.8 Å². The van der Waals surface area contributed by atoms with Gasteiger partial charge < -0.3 is 5.11 Å². The molecule has 1 heteroatoms. The Bertz CT molecular complexity index is 327. The van der Waals surface area contributed by atoms with Crippen LogP contribution in [0.25, 0.3) is 0 Å². The first-order chi connectivity index (χ1) is 6.33. The molecule has 0 radical (unpaired) electrons. The molecule has 0 fully saturated rings. The minimum Gasteiger partial charge on any atom is -0.377 e. The van der Waals surface area contributed by atoms with Crippen LogP contribution in [-0.2, 0) is 0 Å². The number of rotatable bonds is 1. The maximum absolute atomic E-state index is 9.25. The summed E-state index contributed by atoms with van der Waals surface area (Å²) in [5, 5.41) is 9.25. The van der Waals surface area contributed by atoms with Crippen LogP contribution in [0.15, 0.2) is 42.5 Å². The standard InChI is InChI=1S/C12H12O/c1-2-6-12(13)10-9-11-7-4-3-5-8-11/h2-8,12-13H,1H3/b6-2+/t12-/m0/s1. The van der Waals surface area contributed by atoms with Gasteiger partial charge in [-0.05, 0) is 25.1 Å². The van der Waals surface area contributed by atoms with Crippen molar-refractivity contribution in [3.63, 3.8) is 0 Å². The molecule has 0 heterocycles. The second kappa shape index (κ2) is 5.18. The summed E-state index contributed by atoms with van der Waals surface area (Å²) in [6.45, 7) is 1.85. The Morgan fingerprint density at radius 2 is 2.00 bits per heavy atom. The van der Waals surface area contributed by atoms with Crippen molar-refractivity contribution in [3.05, 3.63) is 48.0 Å². The summed E-state index contributed by atoms with van der Waals surface area (Å²) in [5.41, 5.74) is 0.922. The van der Waals surface area contributed by atoms with E-state index in [4.69, 9.17) is 0 Å². The molecule has 0 aromatic heterocycles. The second-order valence-electron chi connectivity index (χ2n) is 2.61. The minimum absolute atomic E-state index is 0.662. The van der Waals surface area contributed by atoms with Gasteiger partial charge in [-0.15, -0.1) is 0 Å². The van der Waals surface area contributed by atoms with Crippen LogP contribution < -0.4 is 0 Å². The van der Waals surface area contributed by atoms with E-state index in [0.717, 1.165) is 5.56 Å². The SMILES string of the molecule is C/C=C/[C@H](O)C#Cc1ccccc1. The number of aliphatic hydroxyl groups excluding tert-OH is 1. The van der Waals surface area contributed by atoms with E-state index in [0.29, 0.717) is 0 Å². The lowest BCUT2D eigenvalue weighted by Gasteiger charge is -1.91. The Kier molecular flexibility index (Phi) is 3.81. The highest BCUT2D eigenvalue weighted by Crippen LogP contribution is 1.95. The number of hydrogen-bond acceptors (Lipinski definition) is 1. The maximum atomic E-state index is 9.25. The molecule has 1 aromatic rings. The summed E-state index contributed by atoms with van der Waals surface area (Å²) in [7, 11) is 0. The van der Waals surface area contributed by atoms with Crippen molar-refractivity contribution in [1.29, 1.82) is 0 Å². The molecule has 1 atom stereocenters. The van der Waals surface area contributed by atoms with Crippen LogP contribution >= 0.6 is 0 Å². The van der Waals surface area contributed by atoms with Gasteiger partial charge in [0.15, 0.2) is 0 Å². The molecule has 0 amide bonds. The Morgan fingerprint density at radius 1 is 1.31 bits per heavy atom. The van der Waals surface area contributed by atoms with Gasteiger partial charge in [-0.2, -0.15) is 0 Å². The number of aliphatic hydroxyl groups is 1. The molecule has 1 N–H and O–H groups in total. The first kappa shape index (κ1) is 9.57. The number of benzene rings is 1. The third-order valence-electron chi connectivity index (χ3n) is 1.51. The summed E-state index contributed by atoms with van der Waals surface area (Å²) in [5.74, 6) is 5.60. The van der Waals surface area contributed by atoms with E-state index in [1.807, 2.05) is 37.3 Å². The zero-order valence-corrected chi connectivity index (χ0v) is 7.57. The van der Waals surface area contributed by atoms with Crippen LogP contribution in [0.2, 0.25) is 0 Å². The monoisotopic (exact) mass is 172 g/mol. The van der Waals surface area contributed by atoms with E-state index < -0.39 is 6.10 Å². The average Bonchev–Trinajstić information content (AvgIpc) is 2.17. The summed E-state index contributed by atoms with van der Waals surface area (Å²) >= 11 is 0. The zero-order chi connectivity index (χ0) is 9.52. The Balaban J connectivity index is 2.67. The molecule has 0 bridgehead atoms. The molecular formula is C12H12O. The summed E-state index contributed by atoms with van der Waals surface area (Å²) in [4.78, 5) is 0. The van der Waals surface area contributed by atoms with Gasteiger partial charge in [-0.1, -0.05) is 36.1 Å². The maximum Gasteiger partial charge on any atom is 0.133 e. The normalized spacial score (nSPS) is 12.2. The van der Waals surface area contributed by atoms with Gasteiger partial charge in [0.1, 0.15) is 6.10 Å². The van der Waals surface area contributed by atoms with Crippen molar-refractivity contribution < 1.29 is 5.11 Å². The summed E-state index contributed by atoms with van der Waals surface area (Å²) in [6, 6.07) is 9.61. The fourth-order valence-corrected chi connectivity index (χ4v) is 0.909. The fraction of sp³-hybridized carbons (Fsp3) is 0.167.